The summed E-state index contributed by atoms with van der Waals surface area (Å²) in [7, 11) is 1.78. The summed E-state index contributed by atoms with van der Waals surface area (Å²) in [5.41, 5.74) is 2.19. The second-order valence-electron chi connectivity index (χ2n) is 6.00. The Bertz CT molecular complexity index is 825. The van der Waals surface area contributed by atoms with Crippen molar-refractivity contribution in [1.82, 2.24) is 14.7 Å². The fraction of sp³-hybridized carbons (Fsp3) is 0.263. The first-order valence-electron chi connectivity index (χ1n) is 8.09. The molecule has 130 valence electrons. The normalized spacial score (nSPS) is 12.1. The van der Waals surface area contributed by atoms with E-state index in [2.05, 4.69) is 5.10 Å². The molecular formula is C19H21N3O3. The Morgan fingerprint density at radius 1 is 1.28 bits per heavy atom. The standard InChI is InChI=1S/C19H21N3O3/c1-14-16(12-21(2)20-14)19(24)22(11-15-7-4-3-5-8-15)13-17(23)18-9-6-10-25-18/h3-10,12,17,23H,11,13H2,1-2H3/t17-/m0/s1. The van der Waals surface area contributed by atoms with Crippen molar-refractivity contribution in [3.05, 3.63) is 77.5 Å². The maximum atomic E-state index is 13.0. The average Bonchev–Trinajstić information content (AvgIpc) is 3.24. The zero-order chi connectivity index (χ0) is 17.8. The number of aryl methyl sites for hydroxylation is 2. The SMILES string of the molecule is Cc1nn(C)cc1C(=O)N(Cc1ccccc1)C[C@H](O)c1ccco1. The number of hydrogen-bond acceptors (Lipinski definition) is 4. The van der Waals surface area contributed by atoms with E-state index in [-0.39, 0.29) is 12.5 Å². The second-order valence-corrected chi connectivity index (χ2v) is 6.00. The van der Waals surface area contributed by atoms with Crippen molar-refractivity contribution in [1.29, 1.82) is 0 Å². The van der Waals surface area contributed by atoms with E-state index in [4.69, 9.17) is 4.42 Å². The molecule has 0 aliphatic carbocycles. The lowest BCUT2D eigenvalue weighted by Gasteiger charge is -2.24. The predicted molar refractivity (Wildman–Crippen MR) is 92.8 cm³/mol. The molecule has 0 spiro atoms. The zero-order valence-corrected chi connectivity index (χ0v) is 14.3. The fourth-order valence-electron chi connectivity index (χ4n) is 2.78. The van der Waals surface area contributed by atoms with Crippen LogP contribution in [0.1, 0.15) is 33.5 Å². The van der Waals surface area contributed by atoms with E-state index >= 15 is 0 Å². The van der Waals surface area contributed by atoms with Crippen LogP contribution in [0.3, 0.4) is 0 Å². The molecule has 0 bridgehead atoms. The van der Waals surface area contributed by atoms with Crippen molar-refractivity contribution >= 4 is 5.91 Å². The Morgan fingerprint density at radius 2 is 2.04 bits per heavy atom. The van der Waals surface area contributed by atoms with E-state index in [9.17, 15) is 9.90 Å². The minimum atomic E-state index is -0.889. The van der Waals surface area contributed by atoms with Crippen LogP contribution in [-0.4, -0.2) is 32.2 Å². The molecule has 3 aromatic rings. The van der Waals surface area contributed by atoms with Crippen molar-refractivity contribution in [2.75, 3.05) is 6.54 Å². The third-order valence-electron chi connectivity index (χ3n) is 4.01. The Kier molecular flexibility index (Phi) is 5.00. The third kappa shape index (κ3) is 3.97. The smallest absolute Gasteiger partial charge is 0.257 e. The van der Waals surface area contributed by atoms with Crippen molar-refractivity contribution in [2.24, 2.45) is 7.05 Å². The molecule has 1 aromatic carbocycles. The number of carbonyl (C=O) groups excluding carboxylic acids is 1. The van der Waals surface area contributed by atoms with Crippen molar-refractivity contribution in [3.8, 4) is 0 Å². The lowest BCUT2D eigenvalue weighted by Crippen LogP contribution is -2.34. The molecule has 2 aromatic heterocycles. The van der Waals surface area contributed by atoms with Gasteiger partial charge in [0.05, 0.1) is 24.1 Å². The van der Waals surface area contributed by atoms with Gasteiger partial charge in [0.2, 0.25) is 0 Å². The van der Waals surface area contributed by atoms with Crippen LogP contribution >= 0.6 is 0 Å². The van der Waals surface area contributed by atoms with Gasteiger partial charge >= 0.3 is 0 Å². The summed E-state index contributed by atoms with van der Waals surface area (Å²) in [6.45, 7) is 2.33. The highest BCUT2D eigenvalue weighted by Crippen LogP contribution is 2.19. The maximum absolute atomic E-state index is 13.0. The minimum absolute atomic E-state index is 0.134. The summed E-state index contributed by atoms with van der Waals surface area (Å²) in [6.07, 6.45) is 2.32. The largest absolute Gasteiger partial charge is 0.467 e. The van der Waals surface area contributed by atoms with Crippen LogP contribution in [0.2, 0.25) is 0 Å². The molecule has 0 aliphatic heterocycles. The predicted octanol–water partition coefficient (Wildman–Crippen LogP) is 2.70. The van der Waals surface area contributed by atoms with Gasteiger partial charge in [-0.2, -0.15) is 5.10 Å². The highest BCUT2D eigenvalue weighted by atomic mass is 16.4. The molecule has 0 aliphatic rings. The third-order valence-corrected chi connectivity index (χ3v) is 4.01. The van der Waals surface area contributed by atoms with Crippen molar-refractivity contribution in [3.63, 3.8) is 0 Å². The first kappa shape index (κ1) is 17.0. The van der Waals surface area contributed by atoms with Crippen LogP contribution in [0.15, 0.2) is 59.3 Å². The molecule has 6 nitrogen and oxygen atoms in total. The van der Waals surface area contributed by atoms with Gasteiger partial charge in [-0.15, -0.1) is 0 Å². The Balaban J connectivity index is 1.85. The molecule has 0 unspecified atom stereocenters. The number of aliphatic hydroxyl groups excluding tert-OH is 1. The molecule has 0 fully saturated rings. The highest BCUT2D eigenvalue weighted by Gasteiger charge is 2.24. The van der Waals surface area contributed by atoms with Crippen LogP contribution in [0.25, 0.3) is 0 Å². The number of carbonyl (C=O) groups is 1. The van der Waals surface area contributed by atoms with Gasteiger partial charge in [0.25, 0.3) is 5.91 Å². The van der Waals surface area contributed by atoms with E-state index in [1.165, 1.54) is 6.26 Å². The van der Waals surface area contributed by atoms with Gasteiger partial charge in [-0.05, 0) is 24.6 Å². The summed E-state index contributed by atoms with van der Waals surface area (Å²) in [6, 6.07) is 13.1. The van der Waals surface area contributed by atoms with Gasteiger partial charge in [-0.25, -0.2) is 0 Å². The zero-order valence-electron chi connectivity index (χ0n) is 14.3. The number of aromatic nitrogens is 2. The van der Waals surface area contributed by atoms with Gasteiger partial charge in [-0.1, -0.05) is 30.3 Å². The van der Waals surface area contributed by atoms with Crippen LogP contribution in [0.5, 0.6) is 0 Å². The molecule has 1 amide bonds. The summed E-state index contributed by atoms with van der Waals surface area (Å²) >= 11 is 0. The topological polar surface area (TPSA) is 71.5 Å². The van der Waals surface area contributed by atoms with Gasteiger partial charge in [0.15, 0.2) is 0 Å². The molecular weight excluding hydrogens is 318 g/mol. The number of nitrogens with zero attached hydrogens (tertiary/aromatic N) is 3. The number of aliphatic hydroxyl groups is 1. The summed E-state index contributed by atoms with van der Waals surface area (Å²) in [5.74, 6) is 0.272. The molecule has 2 heterocycles. The fourth-order valence-corrected chi connectivity index (χ4v) is 2.78. The Labute approximate surface area is 146 Å². The maximum Gasteiger partial charge on any atom is 0.257 e. The van der Waals surface area contributed by atoms with E-state index in [1.807, 2.05) is 30.3 Å². The summed E-state index contributed by atoms with van der Waals surface area (Å²) in [5, 5.41) is 14.7. The number of furan rings is 1. The first-order valence-corrected chi connectivity index (χ1v) is 8.09. The monoisotopic (exact) mass is 339 g/mol. The van der Waals surface area contributed by atoms with Crippen LogP contribution in [0, 0.1) is 6.92 Å². The minimum Gasteiger partial charge on any atom is -0.467 e. The first-order chi connectivity index (χ1) is 12.0. The summed E-state index contributed by atoms with van der Waals surface area (Å²) in [4.78, 5) is 14.6. The molecule has 6 heteroatoms. The van der Waals surface area contributed by atoms with E-state index in [1.54, 1.807) is 41.9 Å². The number of rotatable bonds is 6. The molecule has 25 heavy (non-hydrogen) atoms. The van der Waals surface area contributed by atoms with E-state index in [0.29, 0.717) is 23.6 Å². The number of benzene rings is 1. The molecule has 3 rings (SSSR count). The van der Waals surface area contributed by atoms with Crippen LogP contribution in [-0.2, 0) is 13.6 Å². The molecule has 1 N–H and O–H groups in total. The van der Waals surface area contributed by atoms with Gasteiger partial charge in [0.1, 0.15) is 11.9 Å². The number of hydrogen-bond donors (Lipinski definition) is 1. The lowest BCUT2D eigenvalue weighted by atomic mass is 10.1. The van der Waals surface area contributed by atoms with E-state index in [0.717, 1.165) is 5.56 Å². The van der Waals surface area contributed by atoms with Crippen LogP contribution < -0.4 is 0 Å². The Morgan fingerprint density at radius 3 is 2.64 bits per heavy atom. The van der Waals surface area contributed by atoms with E-state index < -0.39 is 6.10 Å². The van der Waals surface area contributed by atoms with Gasteiger partial charge in [0, 0.05) is 19.8 Å². The van der Waals surface area contributed by atoms with Crippen molar-refractivity contribution < 1.29 is 14.3 Å². The highest BCUT2D eigenvalue weighted by molar-refractivity contribution is 5.95. The molecule has 0 radical (unpaired) electrons. The quantitative estimate of drug-likeness (QED) is 0.749. The summed E-state index contributed by atoms with van der Waals surface area (Å²) < 4.78 is 6.87. The van der Waals surface area contributed by atoms with Crippen molar-refractivity contribution in [2.45, 2.75) is 19.6 Å². The van der Waals surface area contributed by atoms with Crippen LogP contribution in [0.4, 0.5) is 0 Å². The average molecular weight is 339 g/mol. The Hall–Kier alpha value is -2.86. The van der Waals surface area contributed by atoms with Gasteiger partial charge in [-0.3, -0.25) is 9.48 Å². The molecule has 0 saturated heterocycles. The second kappa shape index (κ2) is 7.36. The van der Waals surface area contributed by atoms with Gasteiger partial charge < -0.3 is 14.4 Å². The lowest BCUT2D eigenvalue weighted by molar-refractivity contribution is 0.0562. The molecule has 0 saturated carbocycles. The molecule has 1 atom stereocenters. The number of amides is 1.